The van der Waals surface area contributed by atoms with Crippen LogP contribution >= 0.6 is 0 Å². The molecule has 0 amide bonds. The van der Waals surface area contributed by atoms with Crippen molar-refractivity contribution in [2.75, 3.05) is 20.1 Å². The van der Waals surface area contributed by atoms with E-state index in [9.17, 15) is 10.2 Å². The maximum Gasteiger partial charge on any atom is 0.451 e. The highest BCUT2D eigenvalue weighted by Gasteiger charge is 2.13. The van der Waals surface area contributed by atoms with Gasteiger partial charge in [0, 0.05) is 12.6 Å². The minimum atomic E-state index is -1.23. The summed E-state index contributed by atoms with van der Waals surface area (Å²) < 4.78 is 0. The molecular formula is C16H29BN2O4. The monoisotopic (exact) mass is 324 g/mol. The van der Waals surface area contributed by atoms with Crippen molar-refractivity contribution in [3.8, 4) is 5.75 Å². The number of hydrogen-bond acceptors (Lipinski definition) is 6. The first-order valence-electron chi connectivity index (χ1n) is 8.15. The molecule has 1 unspecified atom stereocenters. The molecule has 0 fully saturated rings. The third-order valence-electron chi connectivity index (χ3n) is 3.91. The second-order valence-corrected chi connectivity index (χ2v) is 6.19. The largest absolute Gasteiger partial charge is 0.508 e. The number of aliphatic hydroxyl groups excluding tert-OH is 1. The molecule has 0 aliphatic rings. The molecule has 0 saturated heterocycles. The van der Waals surface area contributed by atoms with Crippen LogP contribution in [0.2, 0.25) is 6.32 Å². The molecule has 0 bridgehead atoms. The van der Waals surface area contributed by atoms with Crippen molar-refractivity contribution in [1.82, 2.24) is 4.90 Å². The molecule has 0 saturated carbocycles. The van der Waals surface area contributed by atoms with Crippen molar-refractivity contribution < 1.29 is 20.3 Å². The van der Waals surface area contributed by atoms with Gasteiger partial charge in [-0.05, 0) is 50.5 Å². The minimum absolute atomic E-state index is 0.0752. The van der Waals surface area contributed by atoms with Crippen LogP contribution in [0.25, 0.3) is 0 Å². The van der Waals surface area contributed by atoms with Gasteiger partial charge in [-0.1, -0.05) is 25.0 Å². The first-order chi connectivity index (χ1) is 10.9. The van der Waals surface area contributed by atoms with Crippen LogP contribution in [0.15, 0.2) is 24.3 Å². The average Bonchev–Trinajstić information content (AvgIpc) is 2.49. The smallest absolute Gasteiger partial charge is 0.451 e. The summed E-state index contributed by atoms with van der Waals surface area (Å²) in [4.78, 5) is 2.02. The van der Waals surface area contributed by atoms with Crippen molar-refractivity contribution in [2.24, 2.45) is 5.73 Å². The van der Waals surface area contributed by atoms with Gasteiger partial charge in [-0.25, -0.2) is 0 Å². The van der Waals surface area contributed by atoms with Gasteiger partial charge in [0.1, 0.15) is 5.75 Å². The van der Waals surface area contributed by atoms with Gasteiger partial charge in [0.15, 0.2) is 0 Å². The molecule has 0 aliphatic carbocycles. The van der Waals surface area contributed by atoms with E-state index in [0.29, 0.717) is 18.4 Å². The van der Waals surface area contributed by atoms with Gasteiger partial charge in [-0.15, -0.1) is 0 Å². The van der Waals surface area contributed by atoms with E-state index < -0.39 is 13.2 Å². The number of aliphatic hydroxyl groups is 1. The van der Waals surface area contributed by atoms with Gasteiger partial charge >= 0.3 is 7.12 Å². The Bertz CT molecular complexity index is 448. The Kier molecular flexibility index (Phi) is 9.20. The van der Waals surface area contributed by atoms with E-state index in [1.807, 2.05) is 11.9 Å². The van der Waals surface area contributed by atoms with Crippen LogP contribution < -0.4 is 5.73 Å². The third kappa shape index (κ3) is 8.93. The SMILES string of the molecule is CN(CC[C@H](N)CCCCB(O)O)CC(O)c1cccc(O)c1. The summed E-state index contributed by atoms with van der Waals surface area (Å²) in [7, 11) is 0.706. The number of hydrogen-bond donors (Lipinski definition) is 5. The highest BCUT2D eigenvalue weighted by Crippen LogP contribution is 2.19. The van der Waals surface area contributed by atoms with Gasteiger partial charge in [0.25, 0.3) is 0 Å². The molecule has 0 aliphatic heterocycles. The fraction of sp³-hybridized carbons (Fsp3) is 0.625. The van der Waals surface area contributed by atoms with Crippen molar-refractivity contribution in [2.45, 2.75) is 44.1 Å². The maximum atomic E-state index is 10.2. The number of rotatable bonds is 11. The highest BCUT2D eigenvalue weighted by atomic mass is 16.4. The number of benzene rings is 1. The molecule has 0 heterocycles. The molecule has 130 valence electrons. The van der Waals surface area contributed by atoms with Gasteiger partial charge in [-0.2, -0.15) is 0 Å². The molecule has 2 atom stereocenters. The number of phenols is 1. The Morgan fingerprint density at radius 3 is 2.61 bits per heavy atom. The molecule has 23 heavy (non-hydrogen) atoms. The van der Waals surface area contributed by atoms with Crippen molar-refractivity contribution in [3.05, 3.63) is 29.8 Å². The van der Waals surface area contributed by atoms with Crippen molar-refractivity contribution in [3.63, 3.8) is 0 Å². The predicted molar refractivity (Wildman–Crippen MR) is 92.0 cm³/mol. The molecule has 1 aromatic rings. The van der Waals surface area contributed by atoms with Crippen LogP contribution in [-0.4, -0.2) is 58.5 Å². The van der Waals surface area contributed by atoms with Gasteiger partial charge < -0.3 is 30.9 Å². The first kappa shape index (κ1) is 19.9. The number of aromatic hydroxyl groups is 1. The van der Waals surface area contributed by atoms with Gasteiger partial charge in [-0.3, -0.25) is 0 Å². The molecule has 7 heteroatoms. The Hall–Kier alpha value is -1.12. The molecule has 0 spiro atoms. The fourth-order valence-corrected chi connectivity index (χ4v) is 2.49. The standard InChI is InChI=1S/C16H29BN2O4/c1-19(10-8-14(18)6-2-3-9-17(22)23)12-16(21)13-5-4-7-15(20)11-13/h4-5,7,11,14,16,20-23H,2-3,6,8-10,12,18H2,1H3/t14-,16?/m1/s1. The Morgan fingerprint density at radius 1 is 1.22 bits per heavy atom. The van der Waals surface area contributed by atoms with Gasteiger partial charge in [0.2, 0.25) is 0 Å². The number of nitrogens with two attached hydrogens (primary N) is 1. The Labute approximate surface area is 138 Å². The van der Waals surface area contributed by atoms with Gasteiger partial charge in [0.05, 0.1) is 6.10 Å². The third-order valence-corrected chi connectivity index (χ3v) is 3.91. The van der Waals surface area contributed by atoms with E-state index in [0.717, 1.165) is 32.2 Å². The lowest BCUT2D eigenvalue weighted by Crippen LogP contribution is -2.31. The topological polar surface area (TPSA) is 110 Å². The summed E-state index contributed by atoms with van der Waals surface area (Å²) >= 11 is 0. The molecule has 6 nitrogen and oxygen atoms in total. The zero-order valence-corrected chi connectivity index (χ0v) is 13.8. The lowest BCUT2D eigenvalue weighted by molar-refractivity contribution is 0.125. The van der Waals surface area contributed by atoms with Crippen LogP contribution in [0, 0.1) is 0 Å². The van der Waals surface area contributed by atoms with Crippen LogP contribution in [0.4, 0.5) is 0 Å². The quantitative estimate of drug-likeness (QED) is 0.303. The van der Waals surface area contributed by atoms with E-state index in [-0.39, 0.29) is 11.8 Å². The van der Waals surface area contributed by atoms with E-state index >= 15 is 0 Å². The predicted octanol–water partition coefficient (Wildman–Crippen LogP) is 0.718. The second-order valence-electron chi connectivity index (χ2n) is 6.19. The van der Waals surface area contributed by atoms with Crippen molar-refractivity contribution in [1.29, 1.82) is 0 Å². The number of nitrogens with zero attached hydrogens (tertiary/aromatic N) is 1. The minimum Gasteiger partial charge on any atom is -0.508 e. The molecular weight excluding hydrogens is 295 g/mol. The lowest BCUT2D eigenvalue weighted by atomic mass is 9.83. The van der Waals surface area contributed by atoms with E-state index in [4.69, 9.17) is 15.8 Å². The zero-order valence-electron chi connectivity index (χ0n) is 13.8. The summed E-state index contributed by atoms with van der Waals surface area (Å²) in [6.07, 6.45) is 3.07. The molecule has 0 aromatic heterocycles. The first-order valence-corrected chi connectivity index (χ1v) is 8.15. The number of phenolic OH excluding ortho intramolecular Hbond substituents is 1. The summed E-state index contributed by atoms with van der Waals surface area (Å²) in [5.74, 6) is 0.152. The lowest BCUT2D eigenvalue weighted by Gasteiger charge is -2.22. The molecule has 1 aromatic carbocycles. The Morgan fingerprint density at radius 2 is 1.96 bits per heavy atom. The van der Waals surface area contributed by atoms with E-state index in [1.54, 1.807) is 24.3 Å². The van der Waals surface area contributed by atoms with Crippen LogP contribution in [0.1, 0.15) is 37.4 Å². The molecule has 6 N–H and O–H groups in total. The number of unbranched alkanes of at least 4 members (excludes halogenated alkanes) is 1. The fourth-order valence-electron chi connectivity index (χ4n) is 2.49. The zero-order chi connectivity index (χ0) is 17.2. The van der Waals surface area contributed by atoms with Crippen LogP contribution in [0.5, 0.6) is 5.75 Å². The Balaban J connectivity index is 2.21. The maximum absolute atomic E-state index is 10.2. The second kappa shape index (κ2) is 10.6. The molecule has 0 radical (unpaired) electrons. The van der Waals surface area contributed by atoms with E-state index in [1.165, 1.54) is 0 Å². The summed E-state index contributed by atoms with van der Waals surface area (Å²) in [5, 5.41) is 37.1. The summed E-state index contributed by atoms with van der Waals surface area (Å²) in [6, 6.07) is 6.73. The van der Waals surface area contributed by atoms with Crippen molar-refractivity contribution >= 4 is 7.12 Å². The van der Waals surface area contributed by atoms with Crippen LogP contribution in [-0.2, 0) is 0 Å². The average molecular weight is 324 g/mol. The normalized spacial score (nSPS) is 14.0. The van der Waals surface area contributed by atoms with Crippen LogP contribution in [0.3, 0.4) is 0 Å². The highest BCUT2D eigenvalue weighted by molar-refractivity contribution is 6.40. The summed E-state index contributed by atoms with van der Waals surface area (Å²) in [6.45, 7) is 1.26. The van der Waals surface area contributed by atoms with E-state index in [2.05, 4.69) is 0 Å². The number of likely N-dealkylation sites (N-methyl/N-ethyl adjacent to an activating group) is 1. The summed E-state index contributed by atoms with van der Waals surface area (Å²) in [5.41, 5.74) is 6.75. The molecule has 1 rings (SSSR count).